The lowest BCUT2D eigenvalue weighted by Gasteiger charge is -2.32. The number of hydrogen-bond donors (Lipinski definition) is 0. The molecule has 0 saturated carbocycles. The molecule has 3 aromatic rings. The fraction of sp³-hybridized carbons (Fsp3) is 0.158. The molecule has 3 rings (SSSR count). The third-order valence-electron chi connectivity index (χ3n) is 3.89. The maximum absolute atomic E-state index is 11.3. The van der Waals surface area contributed by atoms with Crippen LogP contribution in [-0.2, 0) is 15.4 Å². The molecule has 1 atom stereocenters. The van der Waals surface area contributed by atoms with E-state index in [2.05, 4.69) is 4.98 Å². The summed E-state index contributed by atoms with van der Waals surface area (Å²) in [5.74, 6) is -1.34. The van der Waals surface area contributed by atoms with E-state index in [1.807, 2.05) is 30.3 Å². The van der Waals surface area contributed by atoms with Crippen molar-refractivity contribution in [2.75, 3.05) is 6.61 Å². The summed E-state index contributed by atoms with van der Waals surface area (Å²) in [6.45, 7) is 3.24. The number of benzene rings is 2. The highest BCUT2D eigenvalue weighted by Gasteiger charge is 2.41. The van der Waals surface area contributed by atoms with Crippen LogP contribution < -0.4 is 0 Å². The van der Waals surface area contributed by atoms with E-state index < -0.39 is 10.9 Å². The minimum Gasteiger partial charge on any atom is -0.345 e. The molecule has 0 saturated heterocycles. The van der Waals surface area contributed by atoms with E-state index in [1.54, 1.807) is 30.0 Å². The number of imidazole rings is 1. The molecule has 0 N–H and O–H groups in total. The fourth-order valence-electron chi connectivity index (χ4n) is 2.79. The standard InChI is InChI=1S/C19H16Cl2N3O4/c1-2-27-19(28-24(25)26,16-9-8-15(20)12-17(16)21)13-23-11-10-22-18(23)14-6-4-3-5-7-14/h3-13H,2H2,1H3. The molecule has 0 fully saturated rings. The molecule has 0 aliphatic carbocycles. The molecule has 0 amide bonds. The van der Waals surface area contributed by atoms with Crippen molar-refractivity contribution in [2.24, 2.45) is 0 Å². The Labute approximate surface area is 171 Å². The largest absolute Gasteiger partial charge is 0.345 e. The van der Waals surface area contributed by atoms with Gasteiger partial charge in [-0.25, -0.2) is 4.98 Å². The zero-order valence-corrected chi connectivity index (χ0v) is 16.3. The molecular formula is C19H16Cl2N3O4. The van der Waals surface area contributed by atoms with Crippen molar-refractivity contribution in [3.05, 3.63) is 93.2 Å². The molecule has 1 heterocycles. The Hall–Kier alpha value is -2.61. The third-order valence-corrected chi connectivity index (χ3v) is 4.43. The van der Waals surface area contributed by atoms with Gasteiger partial charge in [0.2, 0.25) is 0 Å². The van der Waals surface area contributed by atoms with E-state index in [0.29, 0.717) is 10.8 Å². The van der Waals surface area contributed by atoms with Crippen LogP contribution in [0.4, 0.5) is 0 Å². The second-order valence-corrected chi connectivity index (χ2v) is 6.54. The molecule has 0 aliphatic heterocycles. The van der Waals surface area contributed by atoms with Crippen LogP contribution >= 0.6 is 23.2 Å². The number of ether oxygens (including phenoxy) is 1. The summed E-state index contributed by atoms with van der Waals surface area (Å²) in [6.07, 6.45) is 3.22. The van der Waals surface area contributed by atoms with Crippen molar-refractivity contribution in [3.8, 4) is 11.4 Å². The van der Waals surface area contributed by atoms with Gasteiger partial charge < -0.3 is 9.30 Å². The molecule has 145 valence electrons. The summed E-state index contributed by atoms with van der Waals surface area (Å²) >= 11 is 12.3. The van der Waals surface area contributed by atoms with Crippen molar-refractivity contribution in [3.63, 3.8) is 0 Å². The molecule has 2 aromatic carbocycles. The van der Waals surface area contributed by atoms with Gasteiger partial charge in [0, 0.05) is 35.2 Å². The van der Waals surface area contributed by atoms with Crippen molar-refractivity contribution in [2.45, 2.75) is 12.7 Å². The Morgan fingerprint density at radius 3 is 2.64 bits per heavy atom. The molecule has 9 heteroatoms. The van der Waals surface area contributed by atoms with Crippen LogP contribution in [0.1, 0.15) is 12.5 Å². The Morgan fingerprint density at radius 2 is 2.00 bits per heavy atom. The summed E-state index contributed by atoms with van der Waals surface area (Å²) in [6, 6.07) is 13.9. The monoisotopic (exact) mass is 420 g/mol. The van der Waals surface area contributed by atoms with Gasteiger partial charge in [0.15, 0.2) is 0 Å². The first-order valence-electron chi connectivity index (χ1n) is 8.32. The third kappa shape index (κ3) is 4.27. The predicted octanol–water partition coefficient (Wildman–Crippen LogP) is 4.96. The number of rotatable bonds is 8. The summed E-state index contributed by atoms with van der Waals surface area (Å²) in [5, 5.41) is 10.9. The van der Waals surface area contributed by atoms with Gasteiger partial charge in [-0.05, 0) is 19.1 Å². The summed E-state index contributed by atoms with van der Waals surface area (Å²) in [7, 11) is 0. The van der Waals surface area contributed by atoms with E-state index in [0.717, 1.165) is 5.56 Å². The average Bonchev–Trinajstić information content (AvgIpc) is 3.09. The van der Waals surface area contributed by atoms with Crippen molar-refractivity contribution < 1.29 is 14.7 Å². The first-order valence-corrected chi connectivity index (χ1v) is 9.08. The molecule has 1 unspecified atom stereocenters. The topological polar surface area (TPSA) is 79.4 Å². The first kappa shape index (κ1) is 20.1. The summed E-state index contributed by atoms with van der Waals surface area (Å²) in [4.78, 5) is 20.7. The highest BCUT2D eigenvalue weighted by atomic mass is 35.5. The van der Waals surface area contributed by atoms with Gasteiger partial charge in [-0.3, -0.25) is 4.84 Å². The van der Waals surface area contributed by atoms with Gasteiger partial charge >= 0.3 is 0 Å². The molecule has 0 aliphatic rings. The Morgan fingerprint density at radius 1 is 1.25 bits per heavy atom. The van der Waals surface area contributed by atoms with Gasteiger partial charge in [0.1, 0.15) is 12.4 Å². The van der Waals surface area contributed by atoms with E-state index in [9.17, 15) is 10.1 Å². The predicted molar refractivity (Wildman–Crippen MR) is 105 cm³/mol. The van der Waals surface area contributed by atoms with Crippen LogP contribution in [0.2, 0.25) is 10.0 Å². The minimum atomic E-state index is -1.90. The Balaban J connectivity index is 2.10. The maximum Gasteiger partial charge on any atom is 0.297 e. The molecule has 0 bridgehead atoms. The first-order chi connectivity index (χ1) is 13.4. The number of aromatic nitrogens is 2. The van der Waals surface area contributed by atoms with Crippen LogP contribution in [-0.4, -0.2) is 21.2 Å². The van der Waals surface area contributed by atoms with Crippen LogP contribution in [0, 0.1) is 16.7 Å². The summed E-state index contributed by atoms with van der Waals surface area (Å²) < 4.78 is 7.31. The number of halogens is 2. The Kier molecular flexibility index (Phi) is 6.18. The van der Waals surface area contributed by atoms with Gasteiger partial charge in [-0.15, -0.1) is 10.1 Å². The quantitative estimate of drug-likeness (QED) is 0.292. The van der Waals surface area contributed by atoms with Crippen LogP contribution in [0.3, 0.4) is 0 Å². The van der Waals surface area contributed by atoms with Crippen LogP contribution in [0.5, 0.6) is 0 Å². The lowest BCUT2D eigenvalue weighted by Crippen LogP contribution is -2.38. The SMILES string of the molecule is CCOC([CH]n1ccnc1-c1ccccc1)(O[N+](=O)[O-])c1ccc(Cl)cc1Cl. The van der Waals surface area contributed by atoms with Gasteiger partial charge in [-0.1, -0.05) is 59.6 Å². The molecule has 1 aromatic heterocycles. The van der Waals surface area contributed by atoms with Gasteiger partial charge in [-0.2, -0.15) is 0 Å². The second-order valence-electron chi connectivity index (χ2n) is 5.69. The summed E-state index contributed by atoms with van der Waals surface area (Å²) in [5.41, 5.74) is 1.06. The zero-order valence-electron chi connectivity index (χ0n) is 14.8. The fourth-order valence-corrected chi connectivity index (χ4v) is 3.33. The van der Waals surface area contributed by atoms with Gasteiger partial charge in [0.05, 0.1) is 5.02 Å². The van der Waals surface area contributed by atoms with Crippen molar-refractivity contribution >= 4 is 23.2 Å². The lowest BCUT2D eigenvalue weighted by molar-refractivity contribution is -0.797. The van der Waals surface area contributed by atoms with E-state index >= 15 is 0 Å². The highest BCUT2D eigenvalue weighted by molar-refractivity contribution is 6.35. The highest BCUT2D eigenvalue weighted by Crippen LogP contribution is 2.38. The smallest absolute Gasteiger partial charge is 0.297 e. The van der Waals surface area contributed by atoms with Crippen LogP contribution in [0.15, 0.2) is 60.9 Å². The lowest BCUT2D eigenvalue weighted by atomic mass is 10.0. The van der Waals surface area contributed by atoms with E-state index in [4.69, 9.17) is 32.8 Å². The Bertz CT molecular complexity index is 965. The molecule has 7 nitrogen and oxygen atoms in total. The average molecular weight is 421 g/mol. The minimum absolute atomic E-state index is 0.124. The van der Waals surface area contributed by atoms with Gasteiger partial charge in [0.25, 0.3) is 10.9 Å². The molecule has 0 spiro atoms. The molecular weight excluding hydrogens is 405 g/mol. The van der Waals surface area contributed by atoms with Crippen LogP contribution in [0.25, 0.3) is 11.4 Å². The molecule has 28 heavy (non-hydrogen) atoms. The second kappa shape index (κ2) is 8.60. The van der Waals surface area contributed by atoms with Crippen molar-refractivity contribution in [1.82, 2.24) is 9.55 Å². The maximum atomic E-state index is 11.3. The number of nitrogens with zero attached hydrogens (tertiary/aromatic N) is 3. The van der Waals surface area contributed by atoms with E-state index in [1.165, 1.54) is 18.7 Å². The number of hydrogen-bond acceptors (Lipinski definition) is 5. The van der Waals surface area contributed by atoms with E-state index in [-0.39, 0.29) is 17.2 Å². The van der Waals surface area contributed by atoms with Crippen molar-refractivity contribution in [1.29, 1.82) is 0 Å². The molecule has 1 radical (unpaired) electrons. The zero-order chi connectivity index (χ0) is 20.1. The normalized spacial score (nSPS) is 13.1.